The van der Waals surface area contributed by atoms with Crippen LogP contribution in [0.15, 0.2) is 30.3 Å². The highest BCUT2D eigenvalue weighted by Gasteiger charge is 1.94. The first-order valence-corrected chi connectivity index (χ1v) is 3.71. The summed E-state index contributed by atoms with van der Waals surface area (Å²) in [6.07, 6.45) is 0.682. The molecule has 64 valence electrons. The highest BCUT2D eigenvalue weighted by atomic mass is 16.7. The zero-order valence-corrected chi connectivity index (χ0v) is 6.56. The minimum absolute atomic E-state index is 0.372. The normalized spacial score (nSPS) is 9.33. The van der Waals surface area contributed by atoms with Gasteiger partial charge in [-0.15, -0.1) is 5.43 Å². The van der Waals surface area contributed by atoms with E-state index in [0.717, 1.165) is 5.56 Å². The number of nitrogens with zero attached hydrogens (tertiary/aromatic N) is 1. The predicted molar refractivity (Wildman–Crippen MR) is 45.1 cm³/mol. The van der Waals surface area contributed by atoms with Gasteiger partial charge in [0.25, 0.3) is 0 Å². The van der Waals surface area contributed by atoms with Crippen LogP contribution >= 0.6 is 0 Å². The highest BCUT2D eigenvalue weighted by Crippen LogP contribution is 1.97. The molecule has 0 amide bonds. The molecule has 4 heteroatoms. The van der Waals surface area contributed by atoms with Crippen LogP contribution in [0.4, 0.5) is 0 Å². The SMILES string of the molecule is O=[N+]([O-])NCCc1ccccc1. The van der Waals surface area contributed by atoms with Crippen molar-refractivity contribution >= 4 is 0 Å². The monoisotopic (exact) mass is 166 g/mol. The third kappa shape index (κ3) is 3.01. The second kappa shape index (κ2) is 4.33. The molecule has 0 unspecified atom stereocenters. The van der Waals surface area contributed by atoms with Crippen molar-refractivity contribution in [1.82, 2.24) is 5.43 Å². The first-order valence-electron chi connectivity index (χ1n) is 3.71. The van der Waals surface area contributed by atoms with Crippen LogP contribution in [0.25, 0.3) is 0 Å². The Bertz CT molecular complexity index is 248. The van der Waals surface area contributed by atoms with Crippen molar-refractivity contribution in [3.8, 4) is 0 Å². The van der Waals surface area contributed by atoms with Crippen LogP contribution in [0.5, 0.6) is 0 Å². The zero-order valence-electron chi connectivity index (χ0n) is 6.56. The van der Waals surface area contributed by atoms with E-state index in [-0.39, 0.29) is 0 Å². The molecule has 4 nitrogen and oxygen atoms in total. The second-order valence-corrected chi connectivity index (χ2v) is 2.40. The summed E-state index contributed by atoms with van der Waals surface area (Å²) in [4.78, 5) is 9.88. The van der Waals surface area contributed by atoms with Crippen LogP contribution in [0, 0.1) is 10.1 Å². The molecular formula is C8H10N2O2. The molecule has 0 atom stereocenters. The number of benzene rings is 1. The summed E-state index contributed by atoms with van der Waals surface area (Å²) >= 11 is 0. The minimum atomic E-state index is -0.525. The van der Waals surface area contributed by atoms with Gasteiger partial charge in [0.2, 0.25) is 0 Å². The molecular weight excluding hydrogens is 156 g/mol. The van der Waals surface area contributed by atoms with Crippen molar-refractivity contribution in [3.05, 3.63) is 46.0 Å². The highest BCUT2D eigenvalue weighted by molar-refractivity contribution is 5.14. The summed E-state index contributed by atoms with van der Waals surface area (Å²) in [5.74, 6) is 0. The van der Waals surface area contributed by atoms with Crippen molar-refractivity contribution in [2.24, 2.45) is 0 Å². The largest absolute Gasteiger partial charge is 0.235 e. The van der Waals surface area contributed by atoms with Crippen LogP contribution in [0.3, 0.4) is 0 Å². The Hall–Kier alpha value is -1.58. The van der Waals surface area contributed by atoms with Gasteiger partial charge in [-0.2, -0.15) is 0 Å². The quantitative estimate of drug-likeness (QED) is 0.536. The van der Waals surface area contributed by atoms with Crippen molar-refractivity contribution in [2.45, 2.75) is 6.42 Å². The fourth-order valence-electron chi connectivity index (χ4n) is 0.936. The molecule has 1 rings (SSSR count). The van der Waals surface area contributed by atoms with Gasteiger partial charge in [0.05, 0.1) is 6.54 Å². The lowest BCUT2D eigenvalue weighted by atomic mass is 10.2. The summed E-state index contributed by atoms with van der Waals surface area (Å²) in [6, 6.07) is 9.65. The Morgan fingerprint density at radius 3 is 2.58 bits per heavy atom. The van der Waals surface area contributed by atoms with E-state index in [2.05, 4.69) is 5.43 Å². The molecule has 0 saturated carbocycles. The van der Waals surface area contributed by atoms with Gasteiger partial charge < -0.3 is 0 Å². The van der Waals surface area contributed by atoms with Crippen molar-refractivity contribution in [3.63, 3.8) is 0 Å². The number of hydrogen-bond donors (Lipinski definition) is 1. The Labute approximate surface area is 70.3 Å². The molecule has 0 spiro atoms. The second-order valence-electron chi connectivity index (χ2n) is 2.40. The topological polar surface area (TPSA) is 55.2 Å². The van der Waals surface area contributed by atoms with E-state index in [1.807, 2.05) is 30.3 Å². The lowest BCUT2D eigenvalue weighted by molar-refractivity contribution is -0.543. The van der Waals surface area contributed by atoms with Gasteiger partial charge in [0, 0.05) is 0 Å². The summed E-state index contributed by atoms with van der Waals surface area (Å²) < 4.78 is 0. The third-order valence-corrected chi connectivity index (χ3v) is 1.50. The maximum absolute atomic E-state index is 9.88. The van der Waals surface area contributed by atoms with Crippen LogP contribution in [-0.4, -0.2) is 11.6 Å². The van der Waals surface area contributed by atoms with E-state index >= 15 is 0 Å². The number of rotatable bonds is 4. The molecule has 0 saturated heterocycles. The van der Waals surface area contributed by atoms with Gasteiger partial charge in [-0.05, 0) is 12.0 Å². The molecule has 1 aromatic carbocycles. The van der Waals surface area contributed by atoms with Crippen LogP contribution in [0.2, 0.25) is 0 Å². The molecule has 0 heterocycles. The van der Waals surface area contributed by atoms with Gasteiger partial charge >= 0.3 is 0 Å². The number of nitro groups is 1. The van der Waals surface area contributed by atoms with Crippen LogP contribution in [0.1, 0.15) is 5.56 Å². The van der Waals surface area contributed by atoms with E-state index in [9.17, 15) is 10.1 Å². The molecule has 12 heavy (non-hydrogen) atoms. The Morgan fingerprint density at radius 1 is 1.33 bits per heavy atom. The van der Waals surface area contributed by atoms with Gasteiger partial charge in [-0.1, -0.05) is 30.3 Å². The molecule has 1 aromatic rings. The molecule has 0 aliphatic rings. The minimum Gasteiger partial charge on any atom is -0.235 e. The van der Waals surface area contributed by atoms with Gasteiger partial charge in [-0.3, -0.25) is 0 Å². The van der Waals surface area contributed by atoms with Crippen LogP contribution < -0.4 is 5.43 Å². The lowest BCUT2D eigenvalue weighted by Gasteiger charge is -1.97. The maximum atomic E-state index is 9.88. The molecule has 1 N–H and O–H groups in total. The fraction of sp³-hybridized carbons (Fsp3) is 0.250. The van der Waals surface area contributed by atoms with Crippen molar-refractivity contribution in [1.29, 1.82) is 0 Å². The van der Waals surface area contributed by atoms with E-state index in [1.54, 1.807) is 0 Å². The Morgan fingerprint density at radius 2 is 2.00 bits per heavy atom. The van der Waals surface area contributed by atoms with Crippen molar-refractivity contribution < 1.29 is 5.03 Å². The summed E-state index contributed by atoms with van der Waals surface area (Å²) in [6.45, 7) is 0.372. The molecule has 0 aliphatic carbocycles. The molecule has 0 fully saturated rings. The summed E-state index contributed by atoms with van der Waals surface area (Å²) in [5.41, 5.74) is 3.22. The van der Waals surface area contributed by atoms with E-state index in [4.69, 9.17) is 0 Å². The van der Waals surface area contributed by atoms with Crippen molar-refractivity contribution in [2.75, 3.05) is 6.54 Å². The van der Waals surface area contributed by atoms with Gasteiger partial charge in [-0.25, -0.2) is 10.1 Å². The first-order chi connectivity index (χ1) is 5.79. The average Bonchev–Trinajstić information content (AvgIpc) is 2.05. The van der Waals surface area contributed by atoms with E-state index < -0.39 is 5.03 Å². The van der Waals surface area contributed by atoms with Gasteiger partial charge in [0.15, 0.2) is 5.03 Å². The molecule has 0 aliphatic heterocycles. The Balaban J connectivity index is 2.29. The first kappa shape index (κ1) is 8.52. The van der Waals surface area contributed by atoms with Gasteiger partial charge in [0.1, 0.15) is 0 Å². The average molecular weight is 166 g/mol. The van der Waals surface area contributed by atoms with E-state index in [0.29, 0.717) is 13.0 Å². The summed E-state index contributed by atoms with van der Waals surface area (Å²) in [5, 5.41) is 9.36. The predicted octanol–water partition coefficient (Wildman–Crippen LogP) is 1.01. The standard InChI is InChI=1S/C8H10N2O2/c11-10(12)9-7-6-8-4-2-1-3-5-8/h1-5,9H,6-7H2. The Kier molecular flexibility index (Phi) is 3.07. The fourth-order valence-corrected chi connectivity index (χ4v) is 0.936. The van der Waals surface area contributed by atoms with Crippen LogP contribution in [-0.2, 0) is 6.42 Å². The summed E-state index contributed by atoms with van der Waals surface area (Å²) in [7, 11) is 0. The third-order valence-electron chi connectivity index (χ3n) is 1.50. The smallest absolute Gasteiger partial charge is 0.157 e. The molecule has 0 radical (unpaired) electrons. The molecule has 0 aromatic heterocycles. The molecule has 0 bridgehead atoms. The zero-order chi connectivity index (χ0) is 8.81. The number of hydrogen-bond acceptors (Lipinski definition) is 2. The lowest BCUT2D eigenvalue weighted by Crippen LogP contribution is -2.23. The van der Waals surface area contributed by atoms with E-state index in [1.165, 1.54) is 0 Å². The number of hydrazine groups is 1. The maximum Gasteiger partial charge on any atom is 0.157 e. The number of nitrogens with one attached hydrogen (secondary N) is 1.